The highest BCUT2D eigenvalue weighted by Gasteiger charge is 2.52. The van der Waals surface area contributed by atoms with Crippen molar-refractivity contribution in [3.05, 3.63) is 70.2 Å². The first-order valence-corrected chi connectivity index (χ1v) is 13.2. The molecule has 4 atom stereocenters. The Morgan fingerprint density at radius 1 is 1.09 bits per heavy atom. The number of benzene rings is 2. The number of likely N-dealkylation sites (tertiary alicyclic amines) is 1. The van der Waals surface area contributed by atoms with Crippen LogP contribution < -0.4 is 0 Å². The van der Waals surface area contributed by atoms with Gasteiger partial charge in [-0.15, -0.1) is 0 Å². The Hall–Kier alpha value is -2.33. The zero-order valence-electron chi connectivity index (χ0n) is 21.9. The second-order valence-electron chi connectivity index (χ2n) is 11.3. The summed E-state index contributed by atoms with van der Waals surface area (Å²) in [4.78, 5) is 28.3. The van der Waals surface area contributed by atoms with Crippen molar-refractivity contribution in [2.45, 2.75) is 85.2 Å². The number of carboxylic acids is 1. The number of amides is 1. The number of carbonyl (C=O) groups is 2. The van der Waals surface area contributed by atoms with E-state index in [0.29, 0.717) is 17.4 Å². The van der Waals surface area contributed by atoms with Gasteiger partial charge in [-0.3, -0.25) is 9.59 Å². The molecule has 1 unspecified atom stereocenters. The van der Waals surface area contributed by atoms with E-state index in [1.54, 1.807) is 0 Å². The Morgan fingerprint density at radius 3 is 2.29 bits per heavy atom. The Bertz CT molecular complexity index is 1030. The number of carbonyl (C=O) groups excluding carboxylic acids is 1. The van der Waals surface area contributed by atoms with Gasteiger partial charge in [-0.05, 0) is 61.3 Å². The lowest BCUT2D eigenvalue weighted by atomic mass is 9.66. The summed E-state index contributed by atoms with van der Waals surface area (Å²) in [5.41, 5.74) is 2.30. The maximum atomic E-state index is 14.3. The van der Waals surface area contributed by atoms with Crippen molar-refractivity contribution >= 4 is 23.5 Å². The van der Waals surface area contributed by atoms with E-state index in [9.17, 15) is 14.7 Å². The molecule has 1 saturated heterocycles. The van der Waals surface area contributed by atoms with Gasteiger partial charge < -0.3 is 10.0 Å². The van der Waals surface area contributed by atoms with E-state index < -0.39 is 11.4 Å². The summed E-state index contributed by atoms with van der Waals surface area (Å²) >= 11 is 6.42. The van der Waals surface area contributed by atoms with Crippen molar-refractivity contribution in [2.24, 2.45) is 17.3 Å². The second-order valence-corrected chi connectivity index (χ2v) is 11.8. The highest BCUT2D eigenvalue weighted by Crippen LogP contribution is 2.52. The summed E-state index contributed by atoms with van der Waals surface area (Å²) in [5.74, 6) is -0.311. The van der Waals surface area contributed by atoms with E-state index in [1.807, 2.05) is 25.1 Å². The third-order valence-corrected chi connectivity index (χ3v) is 7.74. The van der Waals surface area contributed by atoms with Gasteiger partial charge in [0.05, 0.1) is 17.9 Å². The van der Waals surface area contributed by atoms with E-state index in [1.165, 1.54) is 0 Å². The average molecular weight is 498 g/mol. The number of piperidine rings is 1. The standard InChI is InChI=1S/C30H40ClNO3/c1-19(2)10-15-26(20(3)4)32-28(22-13-11-21(5)12-14-22)25(23-8-7-9-24(31)16-23)17-30(6,29(32)35)18-27(33)34/h7-9,11-14,16,19-20,25-26,28H,10,15,17-18H2,1-6H3,(H,33,34)/t25-,26-,28?,30-/m1/s1. The van der Waals surface area contributed by atoms with E-state index >= 15 is 0 Å². The first-order chi connectivity index (χ1) is 16.4. The molecule has 1 aliphatic heterocycles. The van der Waals surface area contributed by atoms with E-state index in [-0.39, 0.29) is 36.2 Å². The summed E-state index contributed by atoms with van der Waals surface area (Å²) in [6.07, 6.45) is 2.16. The number of hydrogen-bond acceptors (Lipinski definition) is 2. The first kappa shape index (κ1) is 27.3. The van der Waals surface area contributed by atoms with Gasteiger partial charge in [-0.2, -0.15) is 0 Å². The van der Waals surface area contributed by atoms with Crippen molar-refractivity contribution < 1.29 is 14.7 Å². The smallest absolute Gasteiger partial charge is 0.304 e. The minimum absolute atomic E-state index is 0.00584. The van der Waals surface area contributed by atoms with Gasteiger partial charge in [0.1, 0.15) is 0 Å². The van der Waals surface area contributed by atoms with Crippen LogP contribution in [-0.4, -0.2) is 27.9 Å². The van der Waals surface area contributed by atoms with Crippen LogP contribution in [0.25, 0.3) is 0 Å². The van der Waals surface area contributed by atoms with Gasteiger partial charge in [0.15, 0.2) is 0 Å². The summed E-state index contributed by atoms with van der Waals surface area (Å²) in [6.45, 7) is 12.6. The molecule has 0 saturated carbocycles. The van der Waals surface area contributed by atoms with Crippen molar-refractivity contribution in [1.82, 2.24) is 4.90 Å². The molecule has 190 valence electrons. The van der Waals surface area contributed by atoms with Crippen molar-refractivity contribution in [3.8, 4) is 0 Å². The zero-order valence-corrected chi connectivity index (χ0v) is 22.7. The summed E-state index contributed by atoms with van der Waals surface area (Å²) in [5, 5.41) is 10.4. The molecular formula is C30H40ClNO3. The SMILES string of the molecule is Cc1ccc(C2[C@@H](c3cccc(Cl)c3)C[C@](C)(CC(=O)O)C(=O)N2[C@H](CCC(C)C)C(C)C)cc1. The third kappa shape index (κ3) is 6.27. The van der Waals surface area contributed by atoms with Crippen LogP contribution in [0, 0.1) is 24.2 Å². The summed E-state index contributed by atoms with van der Waals surface area (Å²) < 4.78 is 0. The molecule has 5 heteroatoms. The van der Waals surface area contributed by atoms with Gasteiger partial charge in [0.25, 0.3) is 0 Å². The molecule has 0 spiro atoms. The minimum Gasteiger partial charge on any atom is -0.481 e. The molecule has 1 N–H and O–H groups in total. The molecule has 2 aromatic carbocycles. The Morgan fingerprint density at radius 2 is 1.74 bits per heavy atom. The molecule has 2 aromatic rings. The lowest BCUT2D eigenvalue weighted by molar-refractivity contribution is -0.162. The fourth-order valence-corrected chi connectivity index (χ4v) is 5.84. The molecule has 0 radical (unpaired) electrons. The Kier molecular flexibility index (Phi) is 8.69. The van der Waals surface area contributed by atoms with Crippen LogP contribution in [0.4, 0.5) is 0 Å². The maximum Gasteiger partial charge on any atom is 0.304 e. The largest absolute Gasteiger partial charge is 0.481 e. The van der Waals surface area contributed by atoms with Crippen molar-refractivity contribution in [3.63, 3.8) is 0 Å². The van der Waals surface area contributed by atoms with Crippen LogP contribution in [0.2, 0.25) is 5.02 Å². The average Bonchev–Trinajstić information content (AvgIpc) is 2.76. The van der Waals surface area contributed by atoms with Crippen molar-refractivity contribution in [2.75, 3.05) is 0 Å². The molecule has 4 nitrogen and oxygen atoms in total. The predicted molar refractivity (Wildman–Crippen MR) is 143 cm³/mol. The molecule has 0 aliphatic carbocycles. The van der Waals surface area contributed by atoms with E-state index in [2.05, 4.69) is 69.9 Å². The molecule has 1 aliphatic rings. The van der Waals surface area contributed by atoms with Gasteiger partial charge in [0, 0.05) is 17.0 Å². The molecule has 1 heterocycles. The number of aliphatic carboxylic acids is 1. The fraction of sp³-hybridized carbons (Fsp3) is 0.533. The second kappa shape index (κ2) is 11.2. The van der Waals surface area contributed by atoms with Gasteiger partial charge in [-0.25, -0.2) is 0 Å². The number of aryl methyl sites for hydroxylation is 1. The molecule has 0 aromatic heterocycles. The number of halogens is 1. The van der Waals surface area contributed by atoms with Gasteiger partial charge in [0.2, 0.25) is 5.91 Å². The third-order valence-electron chi connectivity index (χ3n) is 7.51. The normalized spacial score (nSPS) is 23.7. The molecule has 3 rings (SSSR count). The van der Waals surface area contributed by atoms with Gasteiger partial charge in [-0.1, -0.05) is 88.2 Å². The topological polar surface area (TPSA) is 57.6 Å². The summed E-state index contributed by atoms with van der Waals surface area (Å²) in [6, 6.07) is 16.1. The number of carboxylic acid groups (broad SMARTS) is 1. The highest BCUT2D eigenvalue weighted by atomic mass is 35.5. The molecule has 1 amide bonds. The summed E-state index contributed by atoms with van der Waals surface area (Å²) in [7, 11) is 0. The molecule has 35 heavy (non-hydrogen) atoms. The Labute approximate surface area is 215 Å². The highest BCUT2D eigenvalue weighted by molar-refractivity contribution is 6.30. The van der Waals surface area contributed by atoms with Gasteiger partial charge >= 0.3 is 5.97 Å². The quantitative estimate of drug-likeness (QED) is 0.387. The minimum atomic E-state index is -0.995. The number of hydrogen-bond donors (Lipinski definition) is 1. The van der Waals surface area contributed by atoms with Crippen LogP contribution in [-0.2, 0) is 9.59 Å². The Balaban J connectivity index is 2.24. The zero-order chi connectivity index (χ0) is 25.9. The maximum absolute atomic E-state index is 14.3. The number of rotatable bonds is 9. The fourth-order valence-electron chi connectivity index (χ4n) is 5.65. The monoisotopic (exact) mass is 497 g/mol. The van der Waals surface area contributed by atoms with Crippen LogP contribution in [0.3, 0.4) is 0 Å². The van der Waals surface area contributed by atoms with Crippen LogP contribution in [0.5, 0.6) is 0 Å². The first-order valence-electron chi connectivity index (χ1n) is 12.8. The van der Waals surface area contributed by atoms with Crippen LogP contribution >= 0.6 is 11.6 Å². The van der Waals surface area contributed by atoms with Crippen LogP contribution in [0.15, 0.2) is 48.5 Å². The van der Waals surface area contributed by atoms with E-state index in [4.69, 9.17) is 11.6 Å². The molecule has 1 fully saturated rings. The lowest BCUT2D eigenvalue weighted by Crippen LogP contribution is -2.57. The molecular weight excluding hydrogens is 458 g/mol. The van der Waals surface area contributed by atoms with E-state index in [0.717, 1.165) is 29.5 Å². The lowest BCUT2D eigenvalue weighted by Gasteiger charge is -2.53. The van der Waals surface area contributed by atoms with Crippen molar-refractivity contribution in [1.29, 1.82) is 0 Å². The van der Waals surface area contributed by atoms with Crippen LogP contribution in [0.1, 0.15) is 89.0 Å². The number of nitrogens with zero attached hydrogens (tertiary/aromatic N) is 1. The molecule has 0 bridgehead atoms. The predicted octanol–water partition coefficient (Wildman–Crippen LogP) is 7.65.